The normalized spacial score (nSPS) is 15.5. The van der Waals surface area contributed by atoms with Crippen molar-refractivity contribution in [2.24, 2.45) is 0 Å². The second-order valence-corrected chi connectivity index (χ2v) is 6.64. The number of rotatable bonds is 3. The Kier molecular flexibility index (Phi) is 3.73. The van der Waals surface area contributed by atoms with Crippen LogP contribution in [-0.4, -0.2) is 57.6 Å². The summed E-state index contributed by atoms with van der Waals surface area (Å²) in [5.41, 5.74) is 1.76. The van der Waals surface area contributed by atoms with Crippen molar-refractivity contribution in [3.8, 4) is 5.82 Å². The average molecular weight is 362 g/mol. The molecule has 0 atom stereocenters. The van der Waals surface area contributed by atoms with Crippen molar-refractivity contribution in [2.75, 3.05) is 18.0 Å². The lowest BCUT2D eigenvalue weighted by atomic mass is 9.96. The Labute approximate surface area is 154 Å². The van der Waals surface area contributed by atoms with Crippen LogP contribution in [0.4, 0.5) is 5.82 Å². The van der Waals surface area contributed by atoms with E-state index in [1.807, 2.05) is 23.6 Å². The van der Waals surface area contributed by atoms with Gasteiger partial charge >= 0.3 is 0 Å². The van der Waals surface area contributed by atoms with E-state index in [4.69, 9.17) is 0 Å². The lowest BCUT2D eigenvalue weighted by molar-refractivity contribution is 0.474. The van der Waals surface area contributed by atoms with Gasteiger partial charge in [-0.3, -0.25) is 4.98 Å². The van der Waals surface area contributed by atoms with E-state index in [0.29, 0.717) is 11.7 Å². The summed E-state index contributed by atoms with van der Waals surface area (Å²) in [6.45, 7) is 3.73. The molecule has 0 saturated carbocycles. The van der Waals surface area contributed by atoms with Crippen LogP contribution in [0.2, 0.25) is 0 Å². The van der Waals surface area contributed by atoms with Gasteiger partial charge in [0.15, 0.2) is 17.3 Å². The molecule has 10 nitrogen and oxygen atoms in total. The molecule has 1 aliphatic heterocycles. The number of aromatic nitrogens is 9. The summed E-state index contributed by atoms with van der Waals surface area (Å²) in [6, 6.07) is 3.91. The molecule has 27 heavy (non-hydrogen) atoms. The summed E-state index contributed by atoms with van der Waals surface area (Å²) >= 11 is 0. The van der Waals surface area contributed by atoms with Gasteiger partial charge in [-0.1, -0.05) is 0 Å². The van der Waals surface area contributed by atoms with Crippen LogP contribution < -0.4 is 4.90 Å². The Balaban J connectivity index is 1.34. The molecule has 1 aliphatic rings. The number of piperidine rings is 1. The monoisotopic (exact) mass is 362 g/mol. The van der Waals surface area contributed by atoms with E-state index in [9.17, 15) is 0 Å². The Morgan fingerprint density at radius 1 is 1.00 bits per heavy atom. The first-order valence-corrected chi connectivity index (χ1v) is 8.89. The van der Waals surface area contributed by atoms with Crippen LogP contribution in [0.1, 0.15) is 30.3 Å². The molecule has 1 saturated heterocycles. The number of hydrogen-bond donors (Lipinski definition) is 0. The third kappa shape index (κ3) is 2.88. The minimum absolute atomic E-state index is 0.331. The molecule has 5 rings (SSSR count). The van der Waals surface area contributed by atoms with E-state index in [1.165, 1.54) is 6.33 Å². The largest absolute Gasteiger partial charge is 0.355 e. The van der Waals surface area contributed by atoms with Gasteiger partial charge in [0.25, 0.3) is 0 Å². The second kappa shape index (κ2) is 6.38. The van der Waals surface area contributed by atoms with Crippen LogP contribution in [0, 0.1) is 6.92 Å². The van der Waals surface area contributed by atoms with Crippen molar-refractivity contribution >= 4 is 11.5 Å². The predicted molar refractivity (Wildman–Crippen MR) is 96.7 cm³/mol. The number of aryl methyl sites for hydroxylation is 1. The zero-order valence-corrected chi connectivity index (χ0v) is 14.8. The number of fused-ring (bicyclic) bond motifs is 1. The molecule has 136 valence electrons. The second-order valence-electron chi connectivity index (χ2n) is 6.64. The molecule has 0 aromatic carbocycles. The summed E-state index contributed by atoms with van der Waals surface area (Å²) in [5.74, 6) is 2.78. The summed E-state index contributed by atoms with van der Waals surface area (Å²) in [6.07, 6.45) is 8.50. The number of anilines is 1. The standard InChI is InChI=1S/C17H18N10/c1-12-2-3-14-22-23-17(27(14)24-12)13-4-6-25(7-5-13)15-8-18-9-16(21-15)26-11-19-10-20-26/h2-3,8-11,13H,4-7H2,1H3. The first-order chi connectivity index (χ1) is 13.3. The molecule has 10 heteroatoms. The number of nitrogens with zero attached hydrogens (tertiary/aromatic N) is 10. The van der Waals surface area contributed by atoms with Crippen molar-refractivity contribution in [1.29, 1.82) is 0 Å². The van der Waals surface area contributed by atoms with Crippen LogP contribution in [0.5, 0.6) is 0 Å². The molecule has 4 aromatic rings. The molecular weight excluding hydrogens is 344 g/mol. The highest BCUT2D eigenvalue weighted by molar-refractivity contribution is 5.40. The van der Waals surface area contributed by atoms with Gasteiger partial charge in [-0.2, -0.15) is 14.7 Å². The molecule has 0 radical (unpaired) electrons. The van der Waals surface area contributed by atoms with Crippen LogP contribution in [0.15, 0.2) is 37.2 Å². The fourth-order valence-electron chi connectivity index (χ4n) is 3.45. The van der Waals surface area contributed by atoms with Gasteiger partial charge in [-0.25, -0.2) is 14.6 Å². The molecule has 0 aliphatic carbocycles. The van der Waals surface area contributed by atoms with Gasteiger partial charge in [0, 0.05) is 19.0 Å². The maximum Gasteiger partial charge on any atom is 0.177 e. The lowest BCUT2D eigenvalue weighted by Crippen LogP contribution is -2.34. The third-order valence-electron chi connectivity index (χ3n) is 4.87. The summed E-state index contributed by atoms with van der Waals surface area (Å²) in [5, 5.41) is 17.3. The molecule has 0 amide bonds. The Morgan fingerprint density at radius 3 is 2.67 bits per heavy atom. The fraction of sp³-hybridized carbons (Fsp3) is 0.353. The van der Waals surface area contributed by atoms with Crippen LogP contribution in [-0.2, 0) is 0 Å². The van der Waals surface area contributed by atoms with Gasteiger partial charge in [0.2, 0.25) is 0 Å². The maximum absolute atomic E-state index is 4.67. The smallest absolute Gasteiger partial charge is 0.177 e. The zero-order chi connectivity index (χ0) is 18.2. The van der Waals surface area contributed by atoms with E-state index in [0.717, 1.165) is 48.9 Å². The molecule has 0 spiro atoms. The van der Waals surface area contributed by atoms with Gasteiger partial charge in [-0.15, -0.1) is 10.2 Å². The number of hydrogen-bond acceptors (Lipinski definition) is 8. The first-order valence-electron chi connectivity index (χ1n) is 8.89. The first kappa shape index (κ1) is 15.8. The lowest BCUT2D eigenvalue weighted by Gasteiger charge is -2.31. The van der Waals surface area contributed by atoms with Crippen molar-refractivity contribution in [1.82, 2.24) is 44.5 Å². The highest BCUT2D eigenvalue weighted by atomic mass is 15.4. The van der Waals surface area contributed by atoms with E-state index >= 15 is 0 Å². The summed E-state index contributed by atoms with van der Waals surface area (Å²) < 4.78 is 3.49. The topological polar surface area (TPSA) is 103 Å². The van der Waals surface area contributed by atoms with Gasteiger partial charge in [0.05, 0.1) is 18.1 Å². The summed E-state index contributed by atoms with van der Waals surface area (Å²) in [4.78, 5) is 15.2. The fourth-order valence-corrected chi connectivity index (χ4v) is 3.45. The Hall–Kier alpha value is -3.43. The van der Waals surface area contributed by atoms with E-state index in [-0.39, 0.29) is 0 Å². The molecule has 0 unspecified atom stereocenters. The average Bonchev–Trinajstić information content (AvgIpc) is 3.38. The highest BCUT2D eigenvalue weighted by Gasteiger charge is 2.26. The van der Waals surface area contributed by atoms with Crippen LogP contribution in [0.3, 0.4) is 0 Å². The van der Waals surface area contributed by atoms with Gasteiger partial charge < -0.3 is 4.90 Å². The Bertz CT molecular complexity index is 1060. The third-order valence-corrected chi connectivity index (χ3v) is 4.87. The quantitative estimate of drug-likeness (QED) is 0.535. The van der Waals surface area contributed by atoms with Crippen molar-refractivity contribution < 1.29 is 0 Å². The highest BCUT2D eigenvalue weighted by Crippen LogP contribution is 2.28. The molecule has 1 fully saturated rings. The molecule has 4 aromatic heterocycles. The van der Waals surface area contributed by atoms with Crippen LogP contribution in [0.25, 0.3) is 11.5 Å². The van der Waals surface area contributed by atoms with Crippen molar-refractivity contribution in [2.45, 2.75) is 25.7 Å². The van der Waals surface area contributed by atoms with Gasteiger partial charge in [-0.05, 0) is 31.9 Å². The molecular formula is C17H18N10. The molecule has 5 heterocycles. The zero-order valence-electron chi connectivity index (χ0n) is 14.8. The Morgan fingerprint density at radius 2 is 1.85 bits per heavy atom. The predicted octanol–water partition coefficient (Wildman–Crippen LogP) is 1.19. The SMILES string of the molecule is Cc1ccc2nnc(C3CCN(c4cncc(-n5cncn5)n4)CC3)n2n1. The maximum atomic E-state index is 4.67. The minimum Gasteiger partial charge on any atom is -0.355 e. The van der Waals surface area contributed by atoms with Crippen molar-refractivity contribution in [3.63, 3.8) is 0 Å². The van der Waals surface area contributed by atoms with Gasteiger partial charge in [0.1, 0.15) is 18.5 Å². The van der Waals surface area contributed by atoms with E-state index in [1.54, 1.807) is 23.4 Å². The summed E-state index contributed by atoms with van der Waals surface area (Å²) in [7, 11) is 0. The van der Waals surface area contributed by atoms with Crippen molar-refractivity contribution in [3.05, 3.63) is 48.7 Å². The molecule has 0 N–H and O–H groups in total. The molecule has 0 bridgehead atoms. The minimum atomic E-state index is 0.331. The van der Waals surface area contributed by atoms with Crippen LogP contribution >= 0.6 is 0 Å². The van der Waals surface area contributed by atoms with E-state index in [2.05, 4.69) is 40.2 Å². The van der Waals surface area contributed by atoms with E-state index < -0.39 is 0 Å².